The van der Waals surface area contributed by atoms with Crippen molar-refractivity contribution in [1.29, 1.82) is 5.41 Å². The zero-order valence-electron chi connectivity index (χ0n) is 16.6. The van der Waals surface area contributed by atoms with Gasteiger partial charge >= 0.3 is 0 Å². The van der Waals surface area contributed by atoms with Crippen LogP contribution in [-0.4, -0.2) is 42.6 Å². The van der Waals surface area contributed by atoms with Crippen molar-refractivity contribution >= 4 is 45.6 Å². The summed E-state index contributed by atoms with van der Waals surface area (Å²) in [4.78, 5) is 17.8. The molecule has 2 heterocycles. The van der Waals surface area contributed by atoms with Crippen molar-refractivity contribution in [3.05, 3.63) is 58.6 Å². The normalized spacial score (nSPS) is 18.7. The van der Waals surface area contributed by atoms with E-state index in [2.05, 4.69) is 21.9 Å². The highest BCUT2D eigenvalue weighted by Gasteiger charge is 2.31. The van der Waals surface area contributed by atoms with E-state index in [9.17, 15) is 4.79 Å². The van der Waals surface area contributed by atoms with E-state index in [-0.39, 0.29) is 17.9 Å². The van der Waals surface area contributed by atoms with E-state index in [1.165, 1.54) is 10.9 Å². The minimum Gasteiger partial charge on any atom is -0.379 e. The van der Waals surface area contributed by atoms with Crippen LogP contribution < -0.4 is 10.7 Å². The first-order valence-electron chi connectivity index (χ1n) is 9.76. The summed E-state index contributed by atoms with van der Waals surface area (Å²) in [6.45, 7) is 3.03. The van der Waals surface area contributed by atoms with Gasteiger partial charge in [-0.05, 0) is 31.2 Å². The van der Waals surface area contributed by atoms with Gasteiger partial charge in [-0.2, -0.15) is 5.10 Å². The van der Waals surface area contributed by atoms with Crippen LogP contribution in [0.15, 0.2) is 47.6 Å². The van der Waals surface area contributed by atoms with Crippen LogP contribution in [0.1, 0.15) is 20.9 Å². The number of aromatic nitrogens is 1. The third kappa shape index (κ3) is 4.55. The van der Waals surface area contributed by atoms with Crippen molar-refractivity contribution in [2.45, 2.75) is 19.4 Å². The summed E-state index contributed by atoms with van der Waals surface area (Å²) < 4.78 is 6.86. The molecule has 1 aromatic heterocycles. The second kappa shape index (κ2) is 9.15. The molecule has 4 rings (SSSR count). The lowest BCUT2D eigenvalue weighted by Crippen LogP contribution is -2.40. The number of benzene rings is 2. The number of hydrazone groups is 1. The van der Waals surface area contributed by atoms with Gasteiger partial charge in [-0.25, -0.2) is 4.98 Å². The Labute approximate surface area is 178 Å². The highest BCUT2D eigenvalue weighted by Crippen LogP contribution is 2.27. The number of hydrogen-bond acceptors (Lipinski definition) is 7. The van der Waals surface area contributed by atoms with Gasteiger partial charge in [-0.3, -0.25) is 10.2 Å². The Morgan fingerprint density at radius 2 is 2.20 bits per heavy atom. The van der Waals surface area contributed by atoms with Gasteiger partial charge in [0.05, 0.1) is 51.9 Å². The third-order valence-corrected chi connectivity index (χ3v) is 6.10. The van der Waals surface area contributed by atoms with Crippen LogP contribution in [0.2, 0.25) is 0 Å². The van der Waals surface area contributed by atoms with Crippen molar-refractivity contribution in [1.82, 2.24) is 10.3 Å². The summed E-state index contributed by atoms with van der Waals surface area (Å²) >= 11 is 1.69. The van der Waals surface area contributed by atoms with Crippen molar-refractivity contribution in [2.24, 2.45) is 11.0 Å². The number of anilines is 1. The molecule has 30 heavy (non-hydrogen) atoms. The maximum absolute atomic E-state index is 13.0. The molecule has 1 aliphatic heterocycles. The van der Waals surface area contributed by atoms with E-state index >= 15 is 0 Å². The standard InChI is InChI=1S/C22H23N5O2S/c1-14-6-7-17(27-24-9-8-23)16(10-14)22(28)26-19-13-29-12-15(19)11-21-25-18-4-2-3-5-20(18)30-21/h2-10,15,19,23,27H,11-13H2,1H3,(H,26,28)/b23-8?,24-9-. The van der Waals surface area contributed by atoms with Crippen molar-refractivity contribution in [3.63, 3.8) is 0 Å². The third-order valence-electron chi connectivity index (χ3n) is 5.04. The molecular formula is C22H23N5O2S. The number of carbonyl (C=O) groups is 1. The average molecular weight is 422 g/mol. The van der Waals surface area contributed by atoms with Crippen molar-refractivity contribution in [3.8, 4) is 0 Å². The number of para-hydroxylation sites is 1. The minimum atomic E-state index is -0.170. The number of rotatable bonds is 7. The fourth-order valence-electron chi connectivity index (χ4n) is 3.52. The van der Waals surface area contributed by atoms with Gasteiger partial charge in [0, 0.05) is 18.6 Å². The number of fused-ring (bicyclic) bond motifs is 1. The van der Waals surface area contributed by atoms with Gasteiger partial charge < -0.3 is 15.5 Å². The Morgan fingerprint density at radius 1 is 1.33 bits per heavy atom. The van der Waals surface area contributed by atoms with Gasteiger partial charge in [-0.15, -0.1) is 11.3 Å². The largest absolute Gasteiger partial charge is 0.379 e. The van der Waals surface area contributed by atoms with Crippen LogP contribution in [0.4, 0.5) is 5.69 Å². The minimum absolute atomic E-state index is 0.0806. The average Bonchev–Trinajstić information content (AvgIpc) is 3.35. The summed E-state index contributed by atoms with van der Waals surface area (Å²) in [5.41, 5.74) is 5.94. The van der Waals surface area contributed by atoms with Crippen LogP contribution in [0.3, 0.4) is 0 Å². The Morgan fingerprint density at radius 3 is 3.03 bits per heavy atom. The first kappa shape index (κ1) is 20.2. The lowest BCUT2D eigenvalue weighted by molar-refractivity contribution is 0.0925. The van der Waals surface area contributed by atoms with Crippen molar-refractivity contribution < 1.29 is 9.53 Å². The second-order valence-electron chi connectivity index (χ2n) is 7.26. The van der Waals surface area contributed by atoms with E-state index in [0.29, 0.717) is 24.5 Å². The lowest BCUT2D eigenvalue weighted by atomic mass is 9.99. The molecule has 1 amide bonds. The van der Waals surface area contributed by atoms with Gasteiger partial charge in [-0.1, -0.05) is 23.8 Å². The molecule has 0 saturated carbocycles. The predicted octanol–water partition coefficient (Wildman–Crippen LogP) is 3.64. The molecule has 2 unspecified atom stereocenters. The summed E-state index contributed by atoms with van der Waals surface area (Å²) in [6.07, 6.45) is 3.16. The quantitative estimate of drug-likeness (QED) is 0.401. The zero-order valence-corrected chi connectivity index (χ0v) is 17.4. The summed E-state index contributed by atoms with van der Waals surface area (Å²) in [5, 5.41) is 15.1. The van der Waals surface area contributed by atoms with E-state index in [0.717, 1.165) is 28.7 Å². The number of nitrogens with zero attached hydrogens (tertiary/aromatic N) is 2. The molecule has 3 N–H and O–H groups in total. The van der Waals surface area contributed by atoms with Gasteiger partial charge in [0.15, 0.2) is 0 Å². The van der Waals surface area contributed by atoms with Crippen LogP contribution >= 0.6 is 11.3 Å². The molecule has 8 heteroatoms. The molecular weight excluding hydrogens is 398 g/mol. The number of amides is 1. The molecule has 0 radical (unpaired) electrons. The van der Waals surface area contributed by atoms with Crippen molar-refractivity contribution in [2.75, 3.05) is 18.6 Å². The zero-order chi connectivity index (χ0) is 20.9. The van der Waals surface area contributed by atoms with E-state index in [4.69, 9.17) is 15.1 Å². The molecule has 1 saturated heterocycles. The van der Waals surface area contributed by atoms with E-state index < -0.39 is 0 Å². The topological polar surface area (TPSA) is 99.5 Å². The Hall–Kier alpha value is -3.10. The Bertz CT molecular complexity index is 1060. The van der Waals surface area contributed by atoms with Gasteiger partial charge in [0.25, 0.3) is 5.91 Å². The number of thiazole rings is 1. The highest BCUT2D eigenvalue weighted by molar-refractivity contribution is 7.18. The summed E-state index contributed by atoms with van der Waals surface area (Å²) in [6, 6.07) is 13.6. The first-order chi connectivity index (χ1) is 14.6. The summed E-state index contributed by atoms with van der Waals surface area (Å²) in [5.74, 6) is 0.00252. The van der Waals surface area contributed by atoms with Crippen LogP contribution in [-0.2, 0) is 11.2 Å². The van der Waals surface area contributed by atoms with Crippen LogP contribution in [0.5, 0.6) is 0 Å². The highest BCUT2D eigenvalue weighted by atomic mass is 32.1. The maximum atomic E-state index is 13.0. The Kier molecular flexibility index (Phi) is 6.15. The molecule has 0 aliphatic carbocycles. The Balaban J connectivity index is 1.47. The SMILES string of the molecule is Cc1ccc(N/N=C\C=N)c(C(=O)NC2COCC2Cc2nc3ccccc3s2)c1. The molecule has 0 bridgehead atoms. The lowest BCUT2D eigenvalue weighted by Gasteiger charge is -2.19. The molecule has 2 aromatic carbocycles. The fraction of sp³-hybridized carbons (Fsp3) is 0.273. The number of carbonyl (C=O) groups excluding carboxylic acids is 1. The van der Waals surface area contributed by atoms with E-state index in [1.54, 1.807) is 11.3 Å². The molecule has 7 nitrogen and oxygen atoms in total. The van der Waals surface area contributed by atoms with Gasteiger partial charge in [0.2, 0.25) is 0 Å². The van der Waals surface area contributed by atoms with Crippen LogP contribution in [0, 0.1) is 18.3 Å². The number of aryl methyl sites for hydroxylation is 1. The second-order valence-corrected chi connectivity index (χ2v) is 8.38. The molecule has 1 aliphatic rings. The number of ether oxygens (including phenoxy) is 1. The number of nitrogens with one attached hydrogen (secondary N) is 3. The molecule has 0 spiro atoms. The molecule has 154 valence electrons. The smallest absolute Gasteiger partial charge is 0.253 e. The van der Waals surface area contributed by atoms with Crippen LogP contribution in [0.25, 0.3) is 10.2 Å². The first-order valence-corrected chi connectivity index (χ1v) is 10.6. The fourth-order valence-corrected chi connectivity index (χ4v) is 4.58. The van der Waals surface area contributed by atoms with E-state index in [1.807, 2.05) is 43.3 Å². The summed E-state index contributed by atoms with van der Waals surface area (Å²) in [7, 11) is 0. The maximum Gasteiger partial charge on any atom is 0.253 e. The molecule has 3 aromatic rings. The predicted molar refractivity (Wildman–Crippen MR) is 121 cm³/mol. The van der Waals surface area contributed by atoms with Gasteiger partial charge in [0.1, 0.15) is 0 Å². The molecule has 1 fully saturated rings. The molecule has 2 atom stereocenters. The number of hydrogen-bond donors (Lipinski definition) is 3. The monoisotopic (exact) mass is 421 g/mol.